The first-order valence-corrected chi connectivity index (χ1v) is 8.70. The molecule has 0 atom stereocenters. The number of methoxy groups -OCH3 is 1. The molecule has 0 saturated heterocycles. The molecule has 0 aliphatic carbocycles. The van der Waals surface area contributed by atoms with Crippen molar-refractivity contribution in [3.8, 4) is 17.0 Å². The monoisotopic (exact) mass is 382 g/mol. The molecule has 0 bridgehead atoms. The molecule has 0 amide bonds. The van der Waals surface area contributed by atoms with Gasteiger partial charge in [0.05, 0.1) is 12.7 Å². The number of rotatable bonds is 4. The number of alkyl halides is 3. The summed E-state index contributed by atoms with van der Waals surface area (Å²) in [5.41, 5.74) is 2.79. The smallest absolute Gasteiger partial charge is 0.416 e. The van der Waals surface area contributed by atoms with Crippen LogP contribution in [0.3, 0.4) is 0 Å². The highest BCUT2D eigenvalue weighted by molar-refractivity contribution is 5.96. The second kappa shape index (κ2) is 7.03. The maximum absolute atomic E-state index is 13.0. The highest BCUT2D eigenvalue weighted by Gasteiger charge is 2.30. The molecule has 2 aromatic carbocycles. The molecule has 28 heavy (non-hydrogen) atoms. The van der Waals surface area contributed by atoms with Crippen molar-refractivity contribution < 1.29 is 17.9 Å². The molecule has 2 heterocycles. The van der Waals surface area contributed by atoms with Gasteiger partial charge in [-0.05, 0) is 29.8 Å². The van der Waals surface area contributed by atoms with Crippen LogP contribution in [-0.2, 0) is 12.7 Å². The van der Waals surface area contributed by atoms with Gasteiger partial charge < -0.3 is 9.30 Å². The fourth-order valence-electron chi connectivity index (χ4n) is 3.31. The zero-order valence-corrected chi connectivity index (χ0v) is 15.1. The third-order valence-electron chi connectivity index (χ3n) is 4.65. The highest BCUT2D eigenvalue weighted by atomic mass is 19.4. The van der Waals surface area contributed by atoms with Crippen molar-refractivity contribution >= 4 is 10.9 Å². The first-order valence-electron chi connectivity index (χ1n) is 8.70. The number of benzene rings is 2. The first kappa shape index (κ1) is 18.1. The zero-order chi connectivity index (χ0) is 19.7. The van der Waals surface area contributed by atoms with Gasteiger partial charge in [-0.25, -0.2) is 4.98 Å². The van der Waals surface area contributed by atoms with Gasteiger partial charge in [-0.15, -0.1) is 0 Å². The van der Waals surface area contributed by atoms with Gasteiger partial charge in [0.25, 0.3) is 0 Å². The van der Waals surface area contributed by atoms with Crippen LogP contribution in [0.15, 0.2) is 73.1 Å². The van der Waals surface area contributed by atoms with Crippen molar-refractivity contribution in [1.82, 2.24) is 9.55 Å². The molecule has 6 heteroatoms. The molecule has 0 unspecified atom stereocenters. The lowest BCUT2D eigenvalue weighted by atomic mass is 10.1. The van der Waals surface area contributed by atoms with Gasteiger partial charge in [0, 0.05) is 47.0 Å². The SMILES string of the molecule is COc1ccc(-c2cn(Cc3cccc(C(F)(F)F)c3)c3ccccc23)cn1. The van der Waals surface area contributed by atoms with Crippen LogP contribution in [0.2, 0.25) is 0 Å². The van der Waals surface area contributed by atoms with Crippen LogP contribution in [0.5, 0.6) is 5.88 Å². The number of nitrogens with zero attached hydrogens (tertiary/aromatic N) is 2. The quantitative estimate of drug-likeness (QED) is 0.447. The Morgan fingerprint density at radius 1 is 1.00 bits per heavy atom. The molecule has 142 valence electrons. The summed E-state index contributed by atoms with van der Waals surface area (Å²) in [4.78, 5) is 4.26. The van der Waals surface area contributed by atoms with E-state index in [2.05, 4.69) is 4.98 Å². The molecule has 2 aromatic heterocycles. The maximum atomic E-state index is 13.0. The second-order valence-electron chi connectivity index (χ2n) is 6.48. The average Bonchev–Trinajstić information content (AvgIpc) is 3.06. The van der Waals surface area contributed by atoms with Crippen LogP contribution in [0.1, 0.15) is 11.1 Å². The van der Waals surface area contributed by atoms with E-state index < -0.39 is 11.7 Å². The van der Waals surface area contributed by atoms with Gasteiger partial charge in [-0.3, -0.25) is 0 Å². The fraction of sp³-hybridized carbons (Fsp3) is 0.136. The van der Waals surface area contributed by atoms with Crippen LogP contribution >= 0.6 is 0 Å². The van der Waals surface area contributed by atoms with Gasteiger partial charge >= 0.3 is 6.18 Å². The van der Waals surface area contributed by atoms with Crippen molar-refractivity contribution in [3.05, 3.63) is 84.2 Å². The average molecular weight is 382 g/mol. The molecule has 4 rings (SSSR count). The Labute approximate surface area is 160 Å². The van der Waals surface area contributed by atoms with Gasteiger partial charge in [0.1, 0.15) is 0 Å². The van der Waals surface area contributed by atoms with E-state index in [-0.39, 0.29) is 0 Å². The second-order valence-corrected chi connectivity index (χ2v) is 6.48. The minimum absolute atomic E-state index is 0.341. The summed E-state index contributed by atoms with van der Waals surface area (Å²) < 4.78 is 46.1. The van der Waals surface area contributed by atoms with Crippen molar-refractivity contribution in [2.75, 3.05) is 7.11 Å². The number of aromatic nitrogens is 2. The van der Waals surface area contributed by atoms with Gasteiger partial charge in [-0.1, -0.05) is 30.3 Å². The van der Waals surface area contributed by atoms with Crippen molar-refractivity contribution in [2.24, 2.45) is 0 Å². The van der Waals surface area contributed by atoms with E-state index in [1.54, 1.807) is 25.4 Å². The number of ether oxygens (including phenoxy) is 1. The third-order valence-corrected chi connectivity index (χ3v) is 4.65. The third kappa shape index (κ3) is 3.45. The van der Waals surface area contributed by atoms with E-state index in [4.69, 9.17) is 4.74 Å². The molecule has 0 aliphatic rings. The minimum atomic E-state index is -4.35. The zero-order valence-electron chi connectivity index (χ0n) is 15.1. The van der Waals surface area contributed by atoms with E-state index in [0.29, 0.717) is 18.0 Å². The predicted molar refractivity (Wildman–Crippen MR) is 102 cm³/mol. The normalized spacial score (nSPS) is 11.7. The summed E-state index contributed by atoms with van der Waals surface area (Å²) in [5.74, 6) is 0.524. The van der Waals surface area contributed by atoms with Crippen LogP contribution in [-0.4, -0.2) is 16.7 Å². The summed E-state index contributed by atoms with van der Waals surface area (Å²) in [6.45, 7) is 0.341. The highest BCUT2D eigenvalue weighted by Crippen LogP contribution is 2.33. The molecule has 4 aromatic rings. The van der Waals surface area contributed by atoms with Crippen LogP contribution < -0.4 is 4.74 Å². The molecule has 0 radical (unpaired) electrons. The van der Waals surface area contributed by atoms with Crippen LogP contribution in [0.25, 0.3) is 22.0 Å². The molecule has 0 spiro atoms. The maximum Gasteiger partial charge on any atom is 0.416 e. The lowest BCUT2D eigenvalue weighted by molar-refractivity contribution is -0.137. The van der Waals surface area contributed by atoms with E-state index in [1.807, 2.05) is 41.1 Å². The number of pyridine rings is 1. The Morgan fingerprint density at radius 3 is 2.54 bits per heavy atom. The van der Waals surface area contributed by atoms with E-state index in [0.717, 1.165) is 28.1 Å². The standard InChI is InChI=1S/C22H17F3N2O/c1-28-21-10-9-16(12-26-21)19-14-27(20-8-3-2-7-18(19)20)13-15-5-4-6-17(11-15)22(23,24)25/h2-12,14H,13H2,1H3. The van der Waals surface area contributed by atoms with Gasteiger partial charge in [-0.2, -0.15) is 13.2 Å². The van der Waals surface area contributed by atoms with Crippen molar-refractivity contribution in [1.29, 1.82) is 0 Å². The Morgan fingerprint density at radius 2 is 1.82 bits per heavy atom. The largest absolute Gasteiger partial charge is 0.481 e. The summed E-state index contributed by atoms with van der Waals surface area (Å²) in [6, 6.07) is 17.0. The van der Waals surface area contributed by atoms with Gasteiger partial charge in [0.15, 0.2) is 0 Å². The van der Waals surface area contributed by atoms with Gasteiger partial charge in [0.2, 0.25) is 5.88 Å². The molecule has 0 fully saturated rings. The first-order chi connectivity index (χ1) is 13.5. The number of hydrogen-bond donors (Lipinski definition) is 0. The topological polar surface area (TPSA) is 27.1 Å². The Bertz CT molecular complexity index is 1110. The van der Waals surface area contributed by atoms with Crippen molar-refractivity contribution in [2.45, 2.75) is 12.7 Å². The summed E-state index contributed by atoms with van der Waals surface area (Å²) in [6.07, 6.45) is -0.668. The van der Waals surface area contributed by atoms with E-state index >= 15 is 0 Å². The molecule has 0 saturated carbocycles. The number of halogens is 3. The number of para-hydroxylation sites is 1. The molecule has 0 aliphatic heterocycles. The number of fused-ring (bicyclic) bond motifs is 1. The van der Waals surface area contributed by atoms with Crippen LogP contribution in [0.4, 0.5) is 13.2 Å². The summed E-state index contributed by atoms with van der Waals surface area (Å²) in [5, 5.41) is 1.02. The molecule has 3 nitrogen and oxygen atoms in total. The van der Waals surface area contributed by atoms with E-state index in [9.17, 15) is 13.2 Å². The Hall–Kier alpha value is -3.28. The Balaban J connectivity index is 1.76. The molecular weight excluding hydrogens is 365 g/mol. The van der Waals surface area contributed by atoms with Crippen molar-refractivity contribution in [3.63, 3.8) is 0 Å². The Kier molecular flexibility index (Phi) is 4.55. The fourth-order valence-corrected chi connectivity index (χ4v) is 3.31. The predicted octanol–water partition coefficient (Wildman–Crippen LogP) is 5.78. The number of hydrogen-bond acceptors (Lipinski definition) is 2. The summed E-state index contributed by atoms with van der Waals surface area (Å²) >= 11 is 0. The molecule has 0 N–H and O–H groups in total. The lowest BCUT2D eigenvalue weighted by Crippen LogP contribution is -2.06. The van der Waals surface area contributed by atoms with E-state index in [1.165, 1.54) is 12.1 Å². The summed E-state index contributed by atoms with van der Waals surface area (Å²) in [7, 11) is 1.56. The van der Waals surface area contributed by atoms with Crippen LogP contribution in [0, 0.1) is 0 Å². The minimum Gasteiger partial charge on any atom is -0.481 e. The molecular formula is C22H17F3N2O. The lowest BCUT2D eigenvalue weighted by Gasteiger charge is -2.10.